The van der Waals surface area contributed by atoms with Crippen LogP contribution < -0.4 is 5.63 Å². The summed E-state index contributed by atoms with van der Waals surface area (Å²) in [5.41, 5.74) is -1.51. The first kappa shape index (κ1) is 10.7. The summed E-state index contributed by atoms with van der Waals surface area (Å²) in [6.45, 7) is 1.46. The van der Waals surface area contributed by atoms with E-state index in [1.807, 2.05) is 0 Å². The first-order chi connectivity index (χ1) is 7.38. The molecule has 0 saturated heterocycles. The highest BCUT2D eigenvalue weighted by Gasteiger charge is 2.30. The Hall–Kier alpha value is -1.85. The number of rotatable bonds is 0. The molecule has 1 aromatic carbocycles. The van der Waals surface area contributed by atoms with Crippen molar-refractivity contribution in [3.05, 3.63) is 40.1 Å². The smallest absolute Gasteiger partial charge is 0.408 e. The Morgan fingerprint density at radius 2 is 2.00 bits per heavy atom. The molecule has 0 aliphatic rings. The summed E-state index contributed by atoms with van der Waals surface area (Å²) in [4.78, 5) is 15.1. The predicted molar refractivity (Wildman–Crippen MR) is 50.0 cm³/mol. The number of nitrogens with zero attached hydrogens (tertiary/aromatic N) is 1. The van der Waals surface area contributed by atoms with Crippen LogP contribution in [-0.2, 0) is 6.18 Å². The molecule has 0 unspecified atom stereocenters. The molecule has 0 aliphatic heterocycles. The average Bonchev–Trinajstić information content (AvgIpc) is 2.15. The van der Waals surface area contributed by atoms with Crippen molar-refractivity contribution in [3.63, 3.8) is 0 Å². The lowest BCUT2D eigenvalue weighted by atomic mass is 10.1. The third-order valence-corrected chi connectivity index (χ3v) is 2.06. The minimum Gasteiger partial charge on any atom is -0.408 e. The molecular formula is C10H6F3NO2. The van der Waals surface area contributed by atoms with E-state index in [2.05, 4.69) is 9.40 Å². The fourth-order valence-corrected chi connectivity index (χ4v) is 1.35. The Labute approximate surface area is 87.5 Å². The molecule has 1 heterocycles. The van der Waals surface area contributed by atoms with Crippen LogP contribution >= 0.6 is 0 Å². The largest absolute Gasteiger partial charge is 0.416 e. The van der Waals surface area contributed by atoms with Crippen LogP contribution in [0.25, 0.3) is 10.9 Å². The maximum Gasteiger partial charge on any atom is 0.416 e. The minimum absolute atomic E-state index is 0.122. The fraction of sp³-hybridized carbons (Fsp3) is 0.200. The van der Waals surface area contributed by atoms with E-state index >= 15 is 0 Å². The second-order valence-corrected chi connectivity index (χ2v) is 3.25. The number of benzene rings is 1. The van der Waals surface area contributed by atoms with E-state index in [0.29, 0.717) is 0 Å². The predicted octanol–water partition coefficient (Wildman–Crippen LogP) is 2.52. The van der Waals surface area contributed by atoms with E-state index in [0.717, 1.165) is 18.2 Å². The maximum absolute atomic E-state index is 12.4. The lowest BCUT2D eigenvalue weighted by molar-refractivity contribution is -0.137. The normalized spacial score (nSPS) is 12.0. The van der Waals surface area contributed by atoms with E-state index < -0.39 is 17.4 Å². The van der Waals surface area contributed by atoms with Gasteiger partial charge in [-0.3, -0.25) is 0 Å². The fourth-order valence-electron chi connectivity index (χ4n) is 1.35. The van der Waals surface area contributed by atoms with Crippen LogP contribution in [0.2, 0.25) is 0 Å². The molecule has 0 saturated carbocycles. The molecule has 2 rings (SSSR count). The van der Waals surface area contributed by atoms with Gasteiger partial charge in [-0.25, -0.2) is 9.78 Å². The number of alkyl halides is 3. The van der Waals surface area contributed by atoms with E-state index in [4.69, 9.17) is 0 Å². The lowest BCUT2D eigenvalue weighted by Crippen LogP contribution is -2.08. The topological polar surface area (TPSA) is 43.1 Å². The summed E-state index contributed by atoms with van der Waals surface area (Å²) >= 11 is 0. The van der Waals surface area contributed by atoms with Gasteiger partial charge in [0.1, 0.15) is 0 Å². The van der Waals surface area contributed by atoms with Crippen LogP contribution in [0.5, 0.6) is 0 Å². The van der Waals surface area contributed by atoms with Gasteiger partial charge < -0.3 is 4.42 Å². The van der Waals surface area contributed by atoms with E-state index in [1.165, 1.54) is 6.92 Å². The van der Waals surface area contributed by atoms with Gasteiger partial charge in [-0.15, -0.1) is 0 Å². The lowest BCUT2D eigenvalue weighted by Gasteiger charge is -2.06. The number of hydrogen-bond donors (Lipinski definition) is 0. The molecule has 84 valence electrons. The van der Waals surface area contributed by atoms with Gasteiger partial charge in [0.15, 0.2) is 5.89 Å². The molecule has 2 aromatic rings. The monoisotopic (exact) mass is 229 g/mol. The third kappa shape index (κ3) is 1.78. The molecule has 0 spiro atoms. The second-order valence-electron chi connectivity index (χ2n) is 3.25. The number of fused-ring (bicyclic) bond motifs is 1. The van der Waals surface area contributed by atoms with Gasteiger partial charge in [-0.2, -0.15) is 13.2 Å². The van der Waals surface area contributed by atoms with Crippen molar-refractivity contribution in [1.29, 1.82) is 0 Å². The zero-order chi connectivity index (χ0) is 11.9. The number of aryl methyl sites for hydroxylation is 1. The molecule has 1 aromatic heterocycles. The highest BCUT2D eigenvalue weighted by molar-refractivity contribution is 5.77. The van der Waals surface area contributed by atoms with Crippen molar-refractivity contribution >= 4 is 10.9 Å². The maximum atomic E-state index is 12.4. The van der Waals surface area contributed by atoms with Crippen molar-refractivity contribution in [2.45, 2.75) is 13.1 Å². The summed E-state index contributed by atoms with van der Waals surface area (Å²) < 4.78 is 41.7. The first-order valence-corrected chi connectivity index (χ1v) is 4.36. The molecule has 0 bridgehead atoms. The molecule has 0 fully saturated rings. The summed E-state index contributed by atoms with van der Waals surface area (Å²) in [6.07, 6.45) is -4.48. The standard InChI is InChI=1S/C10H6F3NO2/c1-5-14-8-3-2-6(10(11,12)13)4-7(8)9(15)16-5/h2-4H,1H3. The van der Waals surface area contributed by atoms with Crippen LogP contribution in [0.1, 0.15) is 11.5 Å². The van der Waals surface area contributed by atoms with Crippen LogP contribution in [0.15, 0.2) is 27.4 Å². The second kappa shape index (κ2) is 3.33. The van der Waals surface area contributed by atoms with Gasteiger partial charge in [0.05, 0.1) is 16.5 Å². The van der Waals surface area contributed by atoms with Crippen LogP contribution in [0.3, 0.4) is 0 Å². The average molecular weight is 229 g/mol. The Balaban J connectivity index is 2.77. The summed E-state index contributed by atoms with van der Waals surface area (Å²) in [5, 5.41) is -0.166. The zero-order valence-corrected chi connectivity index (χ0v) is 8.13. The van der Waals surface area contributed by atoms with Gasteiger partial charge in [-0.05, 0) is 18.2 Å². The Morgan fingerprint density at radius 1 is 1.31 bits per heavy atom. The van der Waals surface area contributed by atoms with Crippen molar-refractivity contribution < 1.29 is 17.6 Å². The number of hydrogen-bond acceptors (Lipinski definition) is 3. The van der Waals surface area contributed by atoms with Crippen LogP contribution in [0, 0.1) is 6.92 Å². The summed E-state index contributed by atoms with van der Waals surface area (Å²) in [5.74, 6) is 0.122. The van der Waals surface area contributed by atoms with E-state index in [1.54, 1.807) is 0 Å². The summed E-state index contributed by atoms with van der Waals surface area (Å²) in [6, 6.07) is 2.78. The number of halogens is 3. The Morgan fingerprint density at radius 3 is 2.62 bits per heavy atom. The SMILES string of the molecule is Cc1nc2ccc(C(F)(F)F)cc2c(=O)o1. The van der Waals surface area contributed by atoms with Crippen molar-refractivity contribution in [2.24, 2.45) is 0 Å². The van der Waals surface area contributed by atoms with Crippen LogP contribution in [0.4, 0.5) is 13.2 Å². The van der Waals surface area contributed by atoms with E-state index in [-0.39, 0.29) is 16.8 Å². The minimum atomic E-state index is -4.48. The first-order valence-electron chi connectivity index (χ1n) is 4.36. The van der Waals surface area contributed by atoms with Crippen molar-refractivity contribution in [2.75, 3.05) is 0 Å². The van der Waals surface area contributed by atoms with Crippen molar-refractivity contribution in [3.8, 4) is 0 Å². The zero-order valence-electron chi connectivity index (χ0n) is 8.13. The highest BCUT2D eigenvalue weighted by atomic mass is 19.4. The Bertz CT molecular complexity index is 601. The molecule has 16 heavy (non-hydrogen) atoms. The molecular weight excluding hydrogens is 223 g/mol. The van der Waals surface area contributed by atoms with Gasteiger partial charge >= 0.3 is 11.8 Å². The van der Waals surface area contributed by atoms with Gasteiger partial charge in [-0.1, -0.05) is 0 Å². The Kier molecular flexibility index (Phi) is 2.22. The quantitative estimate of drug-likeness (QED) is 0.697. The van der Waals surface area contributed by atoms with Crippen LogP contribution in [-0.4, -0.2) is 4.98 Å². The molecule has 3 nitrogen and oxygen atoms in total. The molecule has 0 aliphatic carbocycles. The molecule has 0 radical (unpaired) electrons. The van der Waals surface area contributed by atoms with Gasteiger partial charge in [0.25, 0.3) is 0 Å². The van der Waals surface area contributed by atoms with E-state index in [9.17, 15) is 18.0 Å². The van der Waals surface area contributed by atoms with Crippen molar-refractivity contribution in [1.82, 2.24) is 4.98 Å². The highest BCUT2D eigenvalue weighted by Crippen LogP contribution is 2.30. The molecule has 0 N–H and O–H groups in total. The van der Waals surface area contributed by atoms with Gasteiger partial charge in [0, 0.05) is 6.92 Å². The summed E-state index contributed by atoms with van der Waals surface area (Å²) in [7, 11) is 0. The molecule has 0 amide bonds. The molecule has 0 atom stereocenters. The third-order valence-electron chi connectivity index (χ3n) is 2.06. The van der Waals surface area contributed by atoms with Gasteiger partial charge in [0.2, 0.25) is 0 Å². The molecule has 6 heteroatoms. The number of aromatic nitrogens is 1.